The Kier molecular flexibility index (Phi) is 2.12. The number of nitrogens with one attached hydrogen (secondary N) is 2. The molecule has 14 heavy (non-hydrogen) atoms. The molecule has 0 aliphatic rings. The highest BCUT2D eigenvalue weighted by molar-refractivity contribution is 9.18. The second-order valence-electron chi connectivity index (χ2n) is 2.62. The van der Waals surface area contributed by atoms with E-state index >= 15 is 0 Å². The zero-order valence-electron chi connectivity index (χ0n) is 6.83. The minimum atomic E-state index is -0.512. The van der Waals surface area contributed by atoms with Crippen molar-refractivity contribution < 1.29 is 9.21 Å². The molecular formula is C8H5BrN2O3. The molecule has 0 spiro atoms. The largest absolute Gasteiger partial charge is 0.417 e. The van der Waals surface area contributed by atoms with E-state index in [1.54, 1.807) is 18.2 Å². The number of fused-ring (bicyclic) bond motifs is 1. The zero-order valence-corrected chi connectivity index (χ0v) is 8.42. The van der Waals surface area contributed by atoms with Crippen molar-refractivity contribution in [3.05, 3.63) is 28.7 Å². The first kappa shape index (κ1) is 9.01. The quantitative estimate of drug-likeness (QED) is 0.606. The van der Waals surface area contributed by atoms with Crippen LogP contribution in [0.4, 0.5) is 10.5 Å². The SMILES string of the molecule is O=C(Br)Nc1ccc2oc(=O)[nH]c2c1. The number of H-pyrrole nitrogens is 1. The van der Waals surface area contributed by atoms with Crippen molar-refractivity contribution in [2.24, 2.45) is 0 Å². The number of amides is 1. The first-order chi connectivity index (χ1) is 6.65. The highest BCUT2D eigenvalue weighted by Gasteiger charge is 2.02. The van der Waals surface area contributed by atoms with Gasteiger partial charge in [-0.1, -0.05) is 0 Å². The summed E-state index contributed by atoms with van der Waals surface area (Å²) in [7, 11) is 0. The smallest absolute Gasteiger partial charge is 0.408 e. The van der Waals surface area contributed by atoms with E-state index in [0.29, 0.717) is 16.8 Å². The molecular weight excluding hydrogens is 252 g/mol. The minimum Gasteiger partial charge on any atom is -0.408 e. The first-order valence-corrected chi connectivity index (χ1v) is 4.54. The summed E-state index contributed by atoms with van der Waals surface area (Å²) < 4.78 is 4.79. The van der Waals surface area contributed by atoms with E-state index in [1.807, 2.05) is 0 Å². The molecule has 0 fully saturated rings. The Morgan fingerprint density at radius 2 is 2.29 bits per heavy atom. The Balaban J connectivity index is 2.50. The Morgan fingerprint density at radius 3 is 3.00 bits per heavy atom. The molecule has 2 rings (SSSR count). The first-order valence-electron chi connectivity index (χ1n) is 3.74. The number of hydrogen-bond acceptors (Lipinski definition) is 3. The van der Waals surface area contributed by atoms with Crippen molar-refractivity contribution in [2.75, 3.05) is 5.32 Å². The van der Waals surface area contributed by atoms with Gasteiger partial charge in [-0.15, -0.1) is 0 Å². The average Bonchev–Trinajstić information content (AvgIpc) is 2.42. The van der Waals surface area contributed by atoms with E-state index in [2.05, 4.69) is 26.2 Å². The van der Waals surface area contributed by atoms with Crippen molar-refractivity contribution >= 4 is 37.5 Å². The van der Waals surface area contributed by atoms with Gasteiger partial charge in [0.1, 0.15) is 0 Å². The standard InChI is InChI=1S/C8H5BrN2O3/c9-7(12)10-4-1-2-6-5(3-4)11-8(13)14-6/h1-3H,(H,10,12)(H,11,13). The van der Waals surface area contributed by atoms with Gasteiger partial charge in [-0.05, 0) is 18.2 Å². The Morgan fingerprint density at radius 1 is 1.50 bits per heavy atom. The maximum absolute atomic E-state index is 10.8. The molecule has 1 aromatic heterocycles. The molecule has 1 heterocycles. The topological polar surface area (TPSA) is 75.1 Å². The summed E-state index contributed by atoms with van der Waals surface area (Å²) in [6, 6.07) is 4.85. The van der Waals surface area contributed by atoms with Gasteiger partial charge in [0.05, 0.1) is 5.52 Å². The number of hydrogen-bond donors (Lipinski definition) is 2. The number of benzene rings is 1. The maximum atomic E-state index is 10.8. The van der Waals surface area contributed by atoms with Gasteiger partial charge in [0.15, 0.2) is 5.58 Å². The fraction of sp³-hybridized carbons (Fsp3) is 0. The summed E-state index contributed by atoms with van der Waals surface area (Å²) in [5.74, 6) is -0.512. The summed E-state index contributed by atoms with van der Waals surface area (Å²) in [6.45, 7) is 0. The van der Waals surface area contributed by atoms with Crippen LogP contribution in [0.5, 0.6) is 0 Å². The molecule has 0 atom stereocenters. The molecule has 5 nitrogen and oxygen atoms in total. The average molecular weight is 257 g/mol. The summed E-state index contributed by atoms with van der Waals surface area (Å²) in [6.07, 6.45) is 0. The number of carbonyl (C=O) groups is 1. The van der Waals surface area contributed by atoms with Crippen LogP contribution >= 0.6 is 15.9 Å². The third-order valence-electron chi connectivity index (χ3n) is 1.66. The zero-order chi connectivity index (χ0) is 10.1. The lowest BCUT2D eigenvalue weighted by Crippen LogP contribution is -1.99. The summed E-state index contributed by atoms with van der Waals surface area (Å²) in [5.41, 5.74) is 1.59. The molecule has 0 aliphatic carbocycles. The lowest BCUT2D eigenvalue weighted by Gasteiger charge is -1.98. The molecule has 1 aromatic carbocycles. The number of aromatic nitrogens is 1. The van der Waals surface area contributed by atoms with Gasteiger partial charge < -0.3 is 9.73 Å². The number of carbonyl (C=O) groups excluding carboxylic acids is 1. The van der Waals surface area contributed by atoms with Crippen LogP contribution in [-0.4, -0.2) is 9.80 Å². The van der Waals surface area contributed by atoms with E-state index in [9.17, 15) is 9.59 Å². The molecule has 0 bridgehead atoms. The monoisotopic (exact) mass is 256 g/mol. The maximum Gasteiger partial charge on any atom is 0.417 e. The highest BCUT2D eigenvalue weighted by Crippen LogP contribution is 2.16. The third-order valence-corrected chi connectivity index (χ3v) is 1.86. The molecule has 0 saturated carbocycles. The molecule has 1 amide bonds. The highest BCUT2D eigenvalue weighted by atomic mass is 79.9. The second kappa shape index (κ2) is 3.30. The van der Waals surface area contributed by atoms with E-state index < -0.39 is 5.76 Å². The molecule has 0 aliphatic heterocycles. The summed E-state index contributed by atoms with van der Waals surface area (Å²) in [4.78, 5) is 23.6. The van der Waals surface area contributed by atoms with Crippen molar-refractivity contribution in [3.8, 4) is 0 Å². The molecule has 6 heteroatoms. The van der Waals surface area contributed by atoms with Crippen LogP contribution < -0.4 is 11.1 Å². The number of oxazole rings is 1. The van der Waals surface area contributed by atoms with E-state index in [4.69, 9.17) is 4.42 Å². The van der Waals surface area contributed by atoms with Gasteiger partial charge in [0.2, 0.25) is 0 Å². The van der Waals surface area contributed by atoms with Crippen molar-refractivity contribution in [3.63, 3.8) is 0 Å². The van der Waals surface area contributed by atoms with Crippen LogP contribution in [0.3, 0.4) is 0 Å². The van der Waals surface area contributed by atoms with Crippen LogP contribution in [0, 0.1) is 0 Å². The van der Waals surface area contributed by atoms with Gasteiger partial charge in [0, 0.05) is 21.6 Å². The fourth-order valence-corrected chi connectivity index (χ4v) is 1.37. The van der Waals surface area contributed by atoms with Gasteiger partial charge >= 0.3 is 5.76 Å². The molecule has 0 saturated heterocycles. The molecule has 72 valence electrons. The fourth-order valence-electron chi connectivity index (χ4n) is 1.14. The molecule has 2 N–H and O–H groups in total. The van der Waals surface area contributed by atoms with Crippen LogP contribution in [0.15, 0.2) is 27.4 Å². The van der Waals surface area contributed by atoms with Crippen molar-refractivity contribution in [1.29, 1.82) is 0 Å². The predicted octanol–water partition coefficient (Wildman–Crippen LogP) is 2.05. The van der Waals surface area contributed by atoms with Crippen molar-refractivity contribution in [2.45, 2.75) is 0 Å². The van der Waals surface area contributed by atoms with Crippen LogP contribution in [0.1, 0.15) is 0 Å². The molecule has 0 unspecified atom stereocenters. The van der Waals surface area contributed by atoms with Gasteiger partial charge in [-0.3, -0.25) is 9.78 Å². The van der Waals surface area contributed by atoms with E-state index in [1.165, 1.54) is 0 Å². The van der Waals surface area contributed by atoms with E-state index in [0.717, 1.165) is 0 Å². The lowest BCUT2D eigenvalue weighted by atomic mass is 10.3. The third kappa shape index (κ3) is 1.69. The van der Waals surface area contributed by atoms with E-state index in [-0.39, 0.29) is 4.82 Å². The number of rotatable bonds is 1. The normalized spacial score (nSPS) is 10.4. The lowest BCUT2D eigenvalue weighted by molar-refractivity contribution is 0.270. The Hall–Kier alpha value is -1.56. The summed E-state index contributed by atoms with van der Waals surface area (Å²) >= 11 is 2.73. The van der Waals surface area contributed by atoms with Gasteiger partial charge in [-0.25, -0.2) is 4.79 Å². The minimum absolute atomic E-state index is 0.345. The van der Waals surface area contributed by atoms with Gasteiger partial charge in [-0.2, -0.15) is 0 Å². The second-order valence-corrected chi connectivity index (χ2v) is 3.34. The number of anilines is 1. The Bertz CT molecular complexity index is 543. The van der Waals surface area contributed by atoms with Crippen LogP contribution in [-0.2, 0) is 0 Å². The Labute approximate surface area is 86.2 Å². The van der Waals surface area contributed by atoms with Crippen LogP contribution in [0.25, 0.3) is 11.1 Å². The van der Waals surface area contributed by atoms with Crippen molar-refractivity contribution in [1.82, 2.24) is 4.98 Å². The number of halogens is 1. The molecule has 0 radical (unpaired) electrons. The summed E-state index contributed by atoms with van der Waals surface area (Å²) in [5, 5.41) is 2.52. The number of aromatic amines is 1. The van der Waals surface area contributed by atoms with Gasteiger partial charge in [0.25, 0.3) is 4.82 Å². The predicted molar refractivity (Wildman–Crippen MR) is 54.8 cm³/mol. The molecule has 2 aromatic rings. The van der Waals surface area contributed by atoms with Crippen LogP contribution in [0.2, 0.25) is 0 Å².